The molecule has 0 heterocycles. The molecule has 2 amide bonds. The van der Waals surface area contributed by atoms with Crippen LogP contribution in [-0.2, 0) is 14.8 Å². The Hall–Kier alpha value is -1.74. The lowest BCUT2D eigenvalue weighted by Gasteiger charge is -2.27. The Bertz CT molecular complexity index is 841. The summed E-state index contributed by atoms with van der Waals surface area (Å²) in [4.78, 5) is 25.2. The lowest BCUT2D eigenvalue weighted by atomic mass is 10.2. The molecule has 2 rings (SSSR count). The standard InChI is InChI=1S/C21H32N2O5S2/c1-21(2,3)28-20(25)22-17-10-8-9-16(15-17)19(24)23(13-14-29)30(26,27)18-11-6-4-5-7-12-18/h8-10,15,18,29H,4-7,11-14H2,1-3H3,(H,22,25). The van der Waals surface area contributed by atoms with Gasteiger partial charge in [0.1, 0.15) is 5.60 Å². The number of benzene rings is 1. The maximum Gasteiger partial charge on any atom is 0.412 e. The number of amides is 2. The summed E-state index contributed by atoms with van der Waals surface area (Å²) in [6, 6.07) is 6.21. The smallest absolute Gasteiger partial charge is 0.412 e. The highest BCUT2D eigenvalue weighted by atomic mass is 32.2. The molecule has 30 heavy (non-hydrogen) atoms. The first-order chi connectivity index (χ1) is 14.0. The minimum Gasteiger partial charge on any atom is -0.444 e. The van der Waals surface area contributed by atoms with Crippen LogP contribution in [0.1, 0.15) is 69.7 Å². The van der Waals surface area contributed by atoms with Crippen LogP contribution in [0.2, 0.25) is 0 Å². The number of thiol groups is 1. The normalized spacial score (nSPS) is 15.9. The van der Waals surface area contributed by atoms with Crippen molar-refractivity contribution in [1.82, 2.24) is 4.31 Å². The van der Waals surface area contributed by atoms with Gasteiger partial charge in [0.15, 0.2) is 0 Å². The van der Waals surface area contributed by atoms with Crippen molar-refractivity contribution in [3.8, 4) is 0 Å². The first kappa shape index (κ1) is 24.5. The van der Waals surface area contributed by atoms with Crippen molar-refractivity contribution in [2.45, 2.75) is 70.1 Å². The number of anilines is 1. The zero-order valence-corrected chi connectivity index (χ0v) is 19.6. The fraction of sp³-hybridized carbons (Fsp3) is 0.619. The topological polar surface area (TPSA) is 92.8 Å². The maximum atomic E-state index is 13.2. The summed E-state index contributed by atoms with van der Waals surface area (Å²) >= 11 is 4.16. The number of carbonyl (C=O) groups excluding carboxylic acids is 2. The highest BCUT2D eigenvalue weighted by Gasteiger charge is 2.35. The predicted octanol–water partition coefficient (Wildman–Crippen LogP) is 4.46. The second kappa shape index (κ2) is 10.5. The van der Waals surface area contributed by atoms with Gasteiger partial charge < -0.3 is 4.74 Å². The van der Waals surface area contributed by atoms with Crippen molar-refractivity contribution >= 4 is 40.3 Å². The Morgan fingerprint density at radius 1 is 1.17 bits per heavy atom. The molecular formula is C21H32N2O5S2. The number of nitrogens with zero attached hydrogens (tertiary/aromatic N) is 1. The third-order valence-electron chi connectivity index (χ3n) is 4.82. The molecule has 168 valence electrons. The predicted molar refractivity (Wildman–Crippen MR) is 122 cm³/mol. The summed E-state index contributed by atoms with van der Waals surface area (Å²) in [6.07, 6.45) is 4.23. The average Bonchev–Trinajstić information content (AvgIpc) is 2.94. The third kappa shape index (κ3) is 6.91. The van der Waals surface area contributed by atoms with Crippen LogP contribution in [0.15, 0.2) is 24.3 Å². The van der Waals surface area contributed by atoms with E-state index >= 15 is 0 Å². The van der Waals surface area contributed by atoms with Crippen molar-refractivity contribution in [2.75, 3.05) is 17.6 Å². The van der Waals surface area contributed by atoms with Crippen molar-refractivity contribution in [1.29, 1.82) is 0 Å². The van der Waals surface area contributed by atoms with Crippen LogP contribution in [0.4, 0.5) is 10.5 Å². The Morgan fingerprint density at radius 3 is 2.37 bits per heavy atom. The van der Waals surface area contributed by atoms with Gasteiger partial charge in [-0.25, -0.2) is 17.5 Å². The van der Waals surface area contributed by atoms with Crippen molar-refractivity contribution in [2.24, 2.45) is 0 Å². The van der Waals surface area contributed by atoms with Crippen molar-refractivity contribution < 1.29 is 22.7 Å². The molecule has 1 N–H and O–H groups in total. The number of hydrogen-bond acceptors (Lipinski definition) is 6. The van der Waals surface area contributed by atoms with E-state index in [4.69, 9.17) is 4.74 Å². The number of nitrogens with one attached hydrogen (secondary N) is 1. The van der Waals surface area contributed by atoms with Crippen LogP contribution in [0.25, 0.3) is 0 Å². The van der Waals surface area contributed by atoms with Gasteiger partial charge in [-0.1, -0.05) is 31.7 Å². The molecule has 0 bridgehead atoms. The molecule has 0 spiro atoms. The summed E-state index contributed by atoms with van der Waals surface area (Å²) in [5.41, 5.74) is -0.122. The maximum absolute atomic E-state index is 13.2. The zero-order chi connectivity index (χ0) is 22.4. The van der Waals surface area contributed by atoms with E-state index < -0.39 is 32.9 Å². The fourth-order valence-electron chi connectivity index (χ4n) is 3.45. The van der Waals surface area contributed by atoms with Gasteiger partial charge in [-0.15, -0.1) is 0 Å². The number of hydrogen-bond donors (Lipinski definition) is 2. The highest BCUT2D eigenvalue weighted by Crippen LogP contribution is 2.27. The van der Waals surface area contributed by atoms with Gasteiger partial charge in [-0.05, 0) is 51.8 Å². The lowest BCUT2D eigenvalue weighted by Crippen LogP contribution is -2.43. The van der Waals surface area contributed by atoms with E-state index in [9.17, 15) is 18.0 Å². The molecule has 0 aromatic heterocycles. The minimum absolute atomic E-state index is 0.00446. The Morgan fingerprint density at radius 2 is 1.80 bits per heavy atom. The van der Waals surface area contributed by atoms with Gasteiger partial charge in [-0.2, -0.15) is 12.6 Å². The molecule has 0 atom stereocenters. The van der Waals surface area contributed by atoms with Gasteiger partial charge in [0.2, 0.25) is 10.0 Å². The molecule has 0 unspecified atom stereocenters. The van der Waals surface area contributed by atoms with Crippen LogP contribution in [0.5, 0.6) is 0 Å². The molecule has 7 nitrogen and oxygen atoms in total. The quantitative estimate of drug-likeness (QED) is 0.487. The van der Waals surface area contributed by atoms with Gasteiger partial charge in [0.25, 0.3) is 5.91 Å². The SMILES string of the molecule is CC(C)(C)OC(=O)Nc1cccc(C(=O)N(CCS)S(=O)(=O)C2CCCCCC2)c1. The van der Waals surface area contributed by atoms with E-state index in [-0.39, 0.29) is 17.9 Å². The minimum atomic E-state index is -3.79. The van der Waals surface area contributed by atoms with Crippen LogP contribution >= 0.6 is 12.6 Å². The molecule has 1 aliphatic carbocycles. The molecule has 0 radical (unpaired) electrons. The monoisotopic (exact) mass is 456 g/mol. The average molecular weight is 457 g/mol. The molecular weight excluding hydrogens is 424 g/mol. The summed E-state index contributed by atoms with van der Waals surface area (Å²) in [6.45, 7) is 5.26. The van der Waals surface area contributed by atoms with Crippen molar-refractivity contribution in [3.63, 3.8) is 0 Å². The molecule has 0 saturated heterocycles. The molecule has 1 aromatic carbocycles. The summed E-state index contributed by atoms with van der Waals surface area (Å²) in [5, 5.41) is 2.03. The molecule has 0 aliphatic heterocycles. The zero-order valence-electron chi connectivity index (χ0n) is 17.9. The van der Waals surface area contributed by atoms with Gasteiger partial charge in [0.05, 0.1) is 5.25 Å². The van der Waals surface area contributed by atoms with E-state index in [0.717, 1.165) is 30.0 Å². The second-order valence-corrected chi connectivity index (χ2v) is 11.1. The second-order valence-electron chi connectivity index (χ2n) is 8.47. The number of sulfonamides is 1. The summed E-state index contributed by atoms with van der Waals surface area (Å²) in [7, 11) is -3.79. The van der Waals surface area contributed by atoms with Crippen molar-refractivity contribution in [3.05, 3.63) is 29.8 Å². The molecule has 1 fully saturated rings. The fourth-order valence-corrected chi connectivity index (χ4v) is 5.76. The largest absolute Gasteiger partial charge is 0.444 e. The Balaban J connectivity index is 2.23. The first-order valence-corrected chi connectivity index (χ1v) is 12.4. The third-order valence-corrected chi connectivity index (χ3v) is 7.29. The molecule has 9 heteroatoms. The number of ether oxygens (including phenoxy) is 1. The molecule has 1 aromatic rings. The van der Waals surface area contributed by atoms with Crippen LogP contribution in [-0.4, -0.2) is 47.9 Å². The highest BCUT2D eigenvalue weighted by molar-refractivity contribution is 7.90. The summed E-state index contributed by atoms with van der Waals surface area (Å²) < 4.78 is 32.7. The van der Waals surface area contributed by atoms with E-state index in [2.05, 4.69) is 17.9 Å². The molecule has 1 aliphatic rings. The number of carbonyl (C=O) groups is 2. The van der Waals surface area contributed by atoms with Crippen LogP contribution in [0, 0.1) is 0 Å². The van der Waals surface area contributed by atoms with E-state index in [1.807, 2.05) is 0 Å². The first-order valence-electron chi connectivity index (χ1n) is 10.3. The summed E-state index contributed by atoms with van der Waals surface area (Å²) in [5.74, 6) is -0.380. The van der Waals surface area contributed by atoms with Crippen LogP contribution in [0.3, 0.4) is 0 Å². The van der Waals surface area contributed by atoms with E-state index in [1.165, 1.54) is 12.1 Å². The van der Waals surface area contributed by atoms with E-state index in [0.29, 0.717) is 18.5 Å². The van der Waals surface area contributed by atoms with E-state index in [1.54, 1.807) is 32.9 Å². The van der Waals surface area contributed by atoms with Gasteiger partial charge in [0, 0.05) is 23.5 Å². The van der Waals surface area contributed by atoms with Gasteiger partial charge in [-0.3, -0.25) is 10.1 Å². The Labute approximate surface area is 185 Å². The molecule has 1 saturated carbocycles. The Kier molecular flexibility index (Phi) is 8.61. The number of rotatable bonds is 6. The lowest BCUT2D eigenvalue weighted by molar-refractivity contribution is 0.0635. The van der Waals surface area contributed by atoms with Gasteiger partial charge >= 0.3 is 6.09 Å². The van der Waals surface area contributed by atoms with Crippen LogP contribution < -0.4 is 5.32 Å².